The molecular formula is C18H36N2. The van der Waals surface area contributed by atoms with Crippen molar-refractivity contribution in [2.75, 3.05) is 19.6 Å². The van der Waals surface area contributed by atoms with E-state index in [-0.39, 0.29) is 0 Å². The monoisotopic (exact) mass is 280 g/mol. The van der Waals surface area contributed by atoms with Gasteiger partial charge < -0.3 is 5.73 Å². The molecule has 2 nitrogen and oxygen atoms in total. The normalized spacial score (nSPS) is 32.4. The van der Waals surface area contributed by atoms with Gasteiger partial charge in [-0.25, -0.2) is 0 Å². The van der Waals surface area contributed by atoms with Crippen molar-refractivity contribution in [1.82, 2.24) is 4.90 Å². The lowest BCUT2D eigenvalue weighted by molar-refractivity contribution is 0.0497. The van der Waals surface area contributed by atoms with Crippen LogP contribution in [0.4, 0.5) is 0 Å². The van der Waals surface area contributed by atoms with Gasteiger partial charge in [0.05, 0.1) is 0 Å². The molecule has 0 aromatic rings. The summed E-state index contributed by atoms with van der Waals surface area (Å²) >= 11 is 0. The van der Waals surface area contributed by atoms with Crippen molar-refractivity contribution >= 4 is 0 Å². The third kappa shape index (κ3) is 3.57. The van der Waals surface area contributed by atoms with E-state index in [2.05, 4.69) is 25.7 Å². The highest BCUT2D eigenvalue weighted by Crippen LogP contribution is 2.38. The van der Waals surface area contributed by atoms with Crippen molar-refractivity contribution in [3.63, 3.8) is 0 Å². The van der Waals surface area contributed by atoms with Crippen LogP contribution in [0.3, 0.4) is 0 Å². The van der Waals surface area contributed by atoms with Gasteiger partial charge in [-0.1, -0.05) is 40.0 Å². The summed E-state index contributed by atoms with van der Waals surface area (Å²) in [5, 5.41) is 0. The Balaban J connectivity index is 2.02. The fourth-order valence-corrected chi connectivity index (χ4v) is 4.38. The first-order chi connectivity index (χ1) is 9.61. The molecule has 0 bridgehead atoms. The first-order valence-electron chi connectivity index (χ1n) is 9.06. The lowest BCUT2D eigenvalue weighted by Gasteiger charge is -2.46. The van der Waals surface area contributed by atoms with E-state index in [9.17, 15) is 0 Å². The van der Waals surface area contributed by atoms with Gasteiger partial charge in [-0.05, 0) is 56.4 Å². The zero-order valence-electron chi connectivity index (χ0n) is 14.0. The van der Waals surface area contributed by atoms with E-state index in [0.717, 1.165) is 24.3 Å². The van der Waals surface area contributed by atoms with Crippen LogP contribution in [-0.4, -0.2) is 30.1 Å². The van der Waals surface area contributed by atoms with Gasteiger partial charge in [-0.2, -0.15) is 0 Å². The fraction of sp³-hybridized carbons (Fsp3) is 1.00. The number of likely N-dealkylation sites (N-methyl/N-ethyl adjacent to an activating group) is 1. The number of rotatable bonds is 6. The topological polar surface area (TPSA) is 29.3 Å². The van der Waals surface area contributed by atoms with Crippen LogP contribution in [0.5, 0.6) is 0 Å². The second-order valence-electron chi connectivity index (χ2n) is 7.70. The van der Waals surface area contributed by atoms with E-state index in [1.807, 2.05) is 0 Å². The van der Waals surface area contributed by atoms with E-state index in [0.29, 0.717) is 5.54 Å². The average molecular weight is 280 g/mol. The lowest BCUT2D eigenvalue weighted by Crippen LogP contribution is -2.55. The number of hydrogen-bond donors (Lipinski definition) is 1. The molecule has 2 unspecified atom stereocenters. The predicted molar refractivity (Wildman–Crippen MR) is 87.8 cm³/mol. The molecule has 0 aromatic heterocycles. The molecule has 0 amide bonds. The van der Waals surface area contributed by atoms with E-state index in [4.69, 9.17) is 5.73 Å². The molecule has 2 atom stereocenters. The minimum Gasteiger partial charge on any atom is -0.329 e. The number of nitrogens with zero attached hydrogens (tertiary/aromatic N) is 1. The van der Waals surface area contributed by atoms with Crippen molar-refractivity contribution in [2.45, 2.75) is 77.7 Å². The minimum atomic E-state index is 0.313. The van der Waals surface area contributed by atoms with Gasteiger partial charge in [-0.3, -0.25) is 4.90 Å². The van der Waals surface area contributed by atoms with E-state index >= 15 is 0 Å². The summed E-state index contributed by atoms with van der Waals surface area (Å²) in [6.45, 7) is 10.5. The molecule has 2 aliphatic carbocycles. The largest absolute Gasteiger partial charge is 0.329 e. The Morgan fingerprint density at radius 2 is 1.85 bits per heavy atom. The molecule has 0 saturated heterocycles. The highest BCUT2D eigenvalue weighted by atomic mass is 15.2. The van der Waals surface area contributed by atoms with Crippen molar-refractivity contribution in [1.29, 1.82) is 0 Å². The van der Waals surface area contributed by atoms with Crippen LogP contribution in [0, 0.1) is 17.8 Å². The second kappa shape index (κ2) is 7.26. The Labute approximate surface area is 126 Å². The highest BCUT2D eigenvalue weighted by molar-refractivity contribution is 4.95. The molecule has 118 valence electrons. The number of hydrogen-bond acceptors (Lipinski definition) is 2. The van der Waals surface area contributed by atoms with Crippen LogP contribution in [0.1, 0.15) is 72.1 Å². The van der Waals surface area contributed by atoms with Crippen molar-refractivity contribution in [3.05, 3.63) is 0 Å². The summed E-state index contributed by atoms with van der Waals surface area (Å²) < 4.78 is 0. The molecule has 0 spiro atoms. The summed E-state index contributed by atoms with van der Waals surface area (Å²) in [7, 11) is 0. The van der Waals surface area contributed by atoms with Crippen LogP contribution in [0.2, 0.25) is 0 Å². The molecule has 0 aliphatic heterocycles. The summed E-state index contributed by atoms with van der Waals surface area (Å²) in [5.41, 5.74) is 6.61. The van der Waals surface area contributed by atoms with Gasteiger partial charge in [-0.15, -0.1) is 0 Å². The Kier molecular flexibility index (Phi) is 5.92. The molecule has 0 heterocycles. The fourth-order valence-electron chi connectivity index (χ4n) is 4.38. The zero-order valence-corrected chi connectivity index (χ0v) is 14.0. The van der Waals surface area contributed by atoms with Crippen molar-refractivity contribution < 1.29 is 0 Å². The summed E-state index contributed by atoms with van der Waals surface area (Å²) in [5.74, 6) is 2.72. The third-order valence-corrected chi connectivity index (χ3v) is 6.28. The first-order valence-corrected chi connectivity index (χ1v) is 9.06. The molecule has 2 saturated carbocycles. The van der Waals surface area contributed by atoms with Crippen LogP contribution < -0.4 is 5.73 Å². The van der Waals surface area contributed by atoms with Gasteiger partial charge in [0.15, 0.2) is 0 Å². The summed E-state index contributed by atoms with van der Waals surface area (Å²) in [4.78, 5) is 2.76. The zero-order chi connectivity index (χ0) is 14.6. The molecule has 2 aliphatic rings. The number of nitrogens with two attached hydrogens (primary N) is 1. The lowest BCUT2D eigenvalue weighted by atomic mass is 9.81. The Bertz CT molecular complexity index is 285. The molecule has 0 aromatic carbocycles. The molecule has 2 fully saturated rings. The van der Waals surface area contributed by atoms with Crippen molar-refractivity contribution in [2.24, 2.45) is 23.5 Å². The Hall–Kier alpha value is -0.0800. The maximum atomic E-state index is 6.30. The summed E-state index contributed by atoms with van der Waals surface area (Å²) in [6, 6.07) is 0. The highest BCUT2D eigenvalue weighted by Gasteiger charge is 2.38. The molecule has 20 heavy (non-hydrogen) atoms. The van der Waals surface area contributed by atoms with Crippen LogP contribution in [-0.2, 0) is 0 Å². The average Bonchev–Trinajstić information content (AvgIpc) is 2.61. The quantitative estimate of drug-likeness (QED) is 0.744. The van der Waals surface area contributed by atoms with Gasteiger partial charge in [0, 0.05) is 18.6 Å². The van der Waals surface area contributed by atoms with Crippen LogP contribution >= 0.6 is 0 Å². The van der Waals surface area contributed by atoms with Gasteiger partial charge in [0.1, 0.15) is 0 Å². The maximum absolute atomic E-state index is 6.30. The van der Waals surface area contributed by atoms with Gasteiger partial charge in [0.25, 0.3) is 0 Å². The standard InChI is InChI=1S/C18H36N2/c1-4-20(13-16-7-5-8-16)18(14-19)11-6-9-17(10-12-18)15(2)3/h15-17H,4-14,19H2,1-3H3. The molecule has 2 rings (SSSR count). The second-order valence-corrected chi connectivity index (χ2v) is 7.70. The van der Waals surface area contributed by atoms with Gasteiger partial charge >= 0.3 is 0 Å². The summed E-state index contributed by atoms with van der Waals surface area (Å²) in [6.07, 6.45) is 11.2. The molecule has 0 radical (unpaired) electrons. The van der Waals surface area contributed by atoms with E-state index in [1.54, 1.807) is 0 Å². The van der Waals surface area contributed by atoms with Crippen LogP contribution in [0.15, 0.2) is 0 Å². The van der Waals surface area contributed by atoms with E-state index < -0.39 is 0 Å². The predicted octanol–water partition coefficient (Wildman–Crippen LogP) is 4.04. The third-order valence-electron chi connectivity index (χ3n) is 6.28. The minimum absolute atomic E-state index is 0.313. The molecule has 2 heteroatoms. The van der Waals surface area contributed by atoms with Crippen LogP contribution in [0.25, 0.3) is 0 Å². The van der Waals surface area contributed by atoms with E-state index in [1.165, 1.54) is 64.5 Å². The SMILES string of the molecule is CCN(CC1CCC1)C1(CN)CCCC(C(C)C)CC1. The first kappa shape index (κ1) is 16.3. The van der Waals surface area contributed by atoms with Crippen molar-refractivity contribution in [3.8, 4) is 0 Å². The maximum Gasteiger partial charge on any atom is 0.0331 e. The Morgan fingerprint density at radius 3 is 2.35 bits per heavy atom. The Morgan fingerprint density at radius 1 is 1.10 bits per heavy atom. The molecular weight excluding hydrogens is 244 g/mol. The smallest absolute Gasteiger partial charge is 0.0331 e. The van der Waals surface area contributed by atoms with Gasteiger partial charge in [0.2, 0.25) is 0 Å². The molecule has 2 N–H and O–H groups in total.